The Morgan fingerprint density at radius 1 is 1.09 bits per heavy atom. The molecular weight excluding hydrogens is 466 g/mol. The minimum atomic E-state index is -0.506. The SMILES string of the molecule is CC(C)(C)OC(=O)N1CCN(c2ccc(NC(=O)c3cccc(OCc4cscn4)c3)nc2)CC1. The van der Waals surface area contributed by atoms with E-state index in [2.05, 4.69) is 20.2 Å². The van der Waals surface area contributed by atoms with Gasteiger partial charge in [0.15, 0.2) is 0 Å². The Morgan fingerprint density at radius 2 is 1.89 bits per heavy atom. The molecular formula is C25H29N5O4S. The number of nitrogens with one attached hydrogen (secondary N) is 1. The van der Waals surface area contributed by atoms with Crippen molar-refractivity contribution in [3.8, 4) is 5.75 Å². The second-order valence-corrected chi connectivity index (χ2v) is 9.83. The Balaban J connectivity index is 1.29. The minimum absolute atomic E-state index is 0.268. The van der Waals surface area contributed by atoms with Crippen LogP contribution in [0.25, 0.3) is 0 Å². The highest BCUT2D eigenvalue weighted by molar-refractivity contribution is 7.07. The molecule has 1 fully saturated rings. The molecule has 10 heteroatoms. The van der Waals surface area contributed by atoms with Crippen molar-refractivity contribution in [2.24, 2.45) is 0 Å². The predicted octanol–water partition coefficient (Wildman–Crippen LogP) is 4.43. The standard InChI is InChI=1S/C25H29N5O4S/c1-25(2,3)34-24(32)30-11-9-29(10-12-30)20-7-8-22(26-14-20)28-23(31)18-5-4-6-21(13-18)33-15-19-16-35-17-27-19/h4-8,13-14,16-17H,9-12,15H2,1-3H3,(H,26,28,31). The summed E-state index contributed by atoms with van der Waals surface area (Å²) < 4.78 is 11.2. The lowest BCUT2D eigenvalue weighted by atomic mass is 10.2. The van der Waals surface area contributed by atoms with Crippen LogP contribution in [-0.4, -0.2) is 58.6 Å². The van der Waals surface area contributed by atoms with Gasteiger partial charge in [0.2, 0.25) is 0 Å². The fourth-order valence-corrected chi connectivity index (χ4v) is 4.05. The third kappa shape index (κ3) is 6.92. The van der Waals surface area contributed by atoms with Gasteiger partial charge in [-0.05, 0) is 51.1 Å². The van der Waals surface area contributed by atoms with Crippen molar-refractivity contribution >= 4 is 34.8 Å². The summed E-state index contributed by atoms with van der Waals surface area (Å²) in [5.41, 5.74) is 3.51. The van der Waals surface area contributed by atoms with Crippen LogP contribution in [0.15, 0.2) is 53.5 Å². The summed E-state index contributed by atoms with van der Waals surface area (Å²) in [4.78, 5) is 37.4. The van der Waals surface area contributed by atoms with E-state index in [9.17, 15) is 9.59 Å². The highest BCUT2D eigenvalue weighted by atomic mass is 32.1. The molecule has 184 valence electrons. The number of hydrogen-bond acceptors (Lipinski definition) is 8. The molecule has 0 radical (unpaired) electrons. The van der Waals surface area contributed by atoms with Crippen molar-refractivity contribution in [1.82, 2.24) is 14.9 Å². The zero-order valence-corrected chi connectivity index (χ0v) is 20.9. The molecule has 1 aromatic carbocycles. The van der Waals surface area contributed by atoms with Crippen LogP contribution in [0.4, 0.5) is 16.3 Å². The number of hydrogen-bond donors (Lipinski definition) is 1. The van der Waals surface area contributed by atoms with Gasteiger partial charge in [0.1, 0.15) is 23.8 Å². The maximum Gasteiger partial charge on any atom is 0.410 e. The fraction of sp³-hybridized carbons (Fsp3) is 0.360. The summed E-state index contributed by atoms with van der Waals surface area (Å²) in [5.74, 6) is 0.787. The van der Waals surface area contributed by atoms with Crippen molar-refractivity contribution < 1.29 is 19.1 Å². The molecule has 1 aliphatic heterocycles. The number of piperazine rings is 1. The van der Waals surface area contributed by atoms with Crippen LogP contribution in [0.2, 0.25) is 0 Å². The van der Waals surface area contributed by atoms with Crippen LogP contribution in [-0.2, 0) is 11.3 Å². The van der Waals surface area contributed by atoms with E-state index in [1.54, 1.807) is 46.9 Å². The summed E-state index contributed by atoms with van der Waals surface area (Å²) in [6.45, 7) is 8.46. The van der Waals surface area contributed by atoms with Gasteiger partial charge in [-0.15, -0.1) is 11.3 Å². The number of nitrogens with zero attached hydrogens (tertiary/aromatic N) is 4. The molecule has 3 aromatic rings. The predicted molar refractivity (Wildman–Crippen MR) is 135 cm³/mol. The van der Waals surface area contributed by atoms with Crippen molar-refractivity contribution in [3.63, 3.8) is 0 Å². The lowest BCUT2D eigenvalue weighted by molar-refractivity contribution is 0.0240. The molecule has 1 N–H and O–H groups in total. The first-order valence-electron chi connectivity index (χ1n) is 11.4. The van der Waals surface area contributed by atoms with Gasteiger partial charge >= 0.3 is 6.09 Å². The number of aromatic nitrogens is 2. The van der Waals surface area contributed by atoms with Gasteiger partial charge in [0, 0.05) is 37.1 Å². The van der Waals surface area contributed by atoms with Gasteiger partial charge in [-0.25, -0.2) is 14.8 Å². The van der Waals surface area contributed by atoms with Crippen LogP contribution in [0, 0.1) is 0 Å². The molecule has 4 rings (SSSR count). The van der Waals surface area contributed by atoms with Crippen molar-refractivity contribution in [1.29, 1.82) is 0 Å². The van der Waals surface area contributed by atoms with Crippen molar-refractivity contribution in [2.45, 2.75) is 33.0 Å². The molecule has 0 aliphatic carbocycles. The Kier molecular flexibility index (Phi) is 7.50. The molecule has 1 aliphatic rings. The number of carbonyl (C=O) groups is 2. The smallest absolute Gasteiger partial charge is 0.410 e. The molecule has 2 amide bonds. The molecule has 1 saturated heterocycles. The number of benzene rings is 1. The van der Waals surface area contributed by atoms with E-state index in [0.717, 1.165) is 11.4 Å². The minimum Gasteiger partial charge on any atom is -0.487 e. The van der Waals surface area contributed by atoms with E-state index >= 15 is 0 Å². The number of thiazole rings is 1. The van der Waals surface area contributed by atoms with Gasteiger partial charge in [-0.3, -0.25) is 4.79 Å². The number of carbonyl (C=O) groups excluding carboxylic acids is 2. The quantitative estimate of drug-likeness (QED) is 0.540. The maximum absolute atomic E-state index is 12.7. The van der Waals surface area contributed by atoms with Gasteiger partial charge in [0.05, 0.1) is 23.1 Å². The number of amides is 2. The number of pyridine rings is 1. The monoisotopic (exact) mass is 495 g/mol. The zero-order valence-electron chi connectivity index (χ0n) is 20.1. The zero-order chi connectivity index (χ0) is 24.8. The van der Waals surface area contributed by atoms with E-state index in [1.165, 1.54) is 11.3 Å². The largest absolute Gasteiger partial charge is 0.487 e. The van der Waals surface area contributed by atoms with E-state index in [1.807, 2.05) is 32.2 Å². The second-order valence-electron chi connectivity index (χ2n) is 9.11. The van der Waals surface area contributed by atoms with Gasteiger partial charge in [0.25, 0.3) is 5.91 Å². The van der Waals surface area contributed by atoms with E-state index < -0.39 is 5.60 Å². The molecule has 3 heterocycles. The number of rotatable bonds is 6. The lowest BCUT2D eigenvalue weighted by Gasteiger charge is -2.36. The molecule has 0 saturated carbocycles. The Morgan fingerprint density at radius 3 is 2.54 bits per heavy atom. The van der Waals surface area contributed by atoms with Crippen LogP contribution in [0.5, 0.6) is 5.75 Å². The third-order valence-electron chi connectivity index (χ3n) is 5.25. The maximum atomic E-state index is 12.7. The molecule has 2 aromatic heterocycles. The van der Waals surface area contributed by atoms with E-state index in [0.29, 0.717) is 49.9 Å². The van der Waals surface area contributed by atoms with Crippen molar-refractivity contribution in [2.75, 3.05) is 36.4 Å². The molecule has 0 unspecified atom stereocenters. The first kappa shape index (κ1) is 24.5. The van der Waals surface area contributed by atoms with E-state index in [4.69, 9.17) is 9.47 Å². The Bertz CT molecular complexity index is 1140. The van der Waals surface area contributed by atoms with Crippen LogP contribution < -0.4 is 15.0 Å². The third-order valence-corrected chi connectivity index (χ3v) is 5.89. The van der Waals surface area contributed by atoms with Crippen LogP contribution in [0.3, 0.4) is 0 Å². The topological polar surface area (TPSA) is 96.9 Å². The summed E-state index contributed by atoms with van der Waals surface area (Å²) in [7, 11) is 0. The average Bonchev–Trinajstić information content (AvgIpc) is 3.36. The summed E-state index contributed by atoms with van der Waals surface area (Å²) >= 11 is 1.51. The molecule has 9 nitrogen and oxygen atoms in total. The van der Waals surface area contributed by atoms with Crippen LogP contribution in [0.1, 0.15) is 36.8 Å². The molecule has 0 bridgehead atoms. The Labute approximate surface area is 208 Å². The van der Waals surface area contributed by atoms with Crippen LogP contribution >= 0.6 is 11.3 Å². The highest BCUT2D eigenvalue weighted by Gasteiger charge is 2.26. The van der Waals surface area contributed by atoms with Gasteiger partial charge in [-0.1, -0.05) is 6.07 Å². The van der Waals surface area contributed by atoms with Gasteiger partial charge in [-0.2, -0.15) is 0 Å². The number of anilines is 2. The van der Waals surface area contributed by atoms with Gasteiger partial charge < -0.3 is 24.6 Å². The summed E-state index contributed by atoms with van der Waals surface area (Å²) in [5, 5.41) is 4.75. The normalized spacial score (nSPS) is 13.9. The second kappa shape index (κ2) is 10.7. The first-order chi connectivity index (χ1) is 16.8. The summed E-state index contributed by atoms with van der Waals surface area (Å²) in [6, 6.07) is 10.7. The molecule has 35 heavy (non-hydrogen) atoms. The van der Waals surface area contributed by atoms with E-state index in [-0.39, 0.29) is 12.0 Å². The molecule has 0 atom stereocenters. The van der Waals surface area contributed by atoms with Crippen molar-refractivity contribution in [3.05, 3.63) is 64.7 Å². The number of ether oxygens (including phenoxy) is 2. The highest BCUT2D eigenvalue weighted by Crippen LogP contribution is 2.20. The molecule has 0 spiro atoms. The Hall–Kier alpha value is -3.66. The lowest BCUT2D eigenvalue weighted by Crippen LogP contribution is -2.50. The average molecular weight is 496 g/mol. The first-order valence-corrected chi connectivity index (χ1v) is 12.3. The summed E-state index contributed by atoms with van der Waals surface area (Å²) in [6.07, 6.45) is 1.44. The fourth-order valence-electron chi connectivity index (χ4n) is 3.50.